The van der Waals surface area contributed by atoms with E-state index < -0.39 is 0 Å². The summed E-state index contributed by atoms with van der Waals surface area (Å²) >= 11 is 1.98. The van der Waals surface area contributed by atoms with Crippen LogP contribution in [0.5, 0.6) is 0 Å². The van der Waals surface area contributed by atoms with Crippen LogP contribution in [-0.2, 0) is 0 Å². The average molecular weight is 263 g/mol. The van der Waals surface area contributed by atoms with Gasteiger partial charge in [-0.25, -0.2) is 0 Å². The molecule has 2 aliphatic carbocycles. The van der Waals surface area contributed by atoms with Crippen molar-refractivity contribution >= 4 is 11.3 Å². The second-order valence-electron chi connectivity index (χ2n) is 6.23. The Morgan fingerprint density at radius 1 is 1.33 bits per heavy atom. The molecule has 2 saturated carbocycles. The fourth-order valence-electron chi connectivity index (χ4n) is 4.16. The van der Waals surface area contributed by atoms with E-state index in [1.807, 2.05) is 11.3 Å². The summed E-state index contributed by atoms with van der Waals surface area (Å²) in [4.78, 5) is 3.00. The molecule has 0 radical (unpaired) electrons. The highest BCUT2D eigenvalue weighted by molar-refractivity contribution is 7.12. The Hall–Kier alpha value is -0.340. The molecular weight excluding hydrogens is 238 g/mol. The summed E-state index contributed by atoms with van der Waals surface area (Å²) < 4.78 is 0. The molecule has 1 nitrogen and oxygen atoms in total. The molecule has 18 heavy (non-hydrogen) atoms. The summed E-state index contributed by atoms with van der Waals surface area (Å²) in [5.41, 5.74) is 0. The molecule has 0 amide bonds. The van der Waals surface area contributed by atoms with Crippen molar-refractivity contribution in [2.45, 2.75) is 52.0 Å². The lowest BCUT2D eigenvalue weighted by Gasteiger charge is -2.26. The van der Waals surface area contributed by atoms with Gasteiger partial charge >= 0.3 is 0 Å². The van der Waals surface area contributed by atoms with Crippen LogP contribution in [-0.4, -0.2) is 6.54 Å². The maximum Gasteiger partial charge on any atom is 0.0417 e. The Bertz CT molecular complexity index is 398. The van der Waals surface area contributed by atoms with Crippen molar-refractivity contribution in [1.82, 2.24) is 5.32 Å². The molecule has 1 aromatic heterocycles. The fourth-order valence-corrected chi connectivity index (χ4v) is 5.12. The molecule has 0 aliphatic heterocycles. The summed E-state index contributed by atoms with van der Waals surface area (Å²) in [5, 5.41) is 3.71. The zero-order chi connectivity index (χ0) is 12.5. The summed E-state index contributed by atoms with van der Waals surface area (Å²) in [7, 11) is 0. The van der Waals surface area contributed by atoms with Gasteiger partial charge in [0.05, 0.1) is 0 Å². The average Bonchev–Trinajstić information content (AvgIpc) is 3.04. The molecule has 100 valence electrons. The van der Waals surface area contributed by atoms with Gasteiger partial charge in [0.15, 0.2) is 0 Å². The standard InChI is InChI=1S/C16H25NS/c1-3-17-15(16-7-4-11(2)18-16)10-14-9-12-5-6-13(14)8-12/h4,7,12-15,17H,3,5-6,8-10H2,1-2H3. The van der Waals surface area contributed by atoms with Crippen molar-refractivity contribution < 1.29 is 0 Å². The van der Waals surface area contributed by atoms with E-state index in [0.29, 0.717) is 6.04 Å². The zero-order valence-corrected chi connectivity index (χ0v) is 12.4. The van der Waals surface area contributed by atoms with Crippen LogP contribution in [0.25, 0.3) is 0 Å². The minimum atomic E-state index is 0.609. The molecule has 0 aromatic carbocycles. The molecule has 2 aliphatic rings. The van der Waals surface area contributed by atoms with Gasteiger partial charge in [-0.05, 0) is 69.0 Å². The molecule has 3 rings (SSSR count). The van der Waals surface area contributed by atoms with Crippen LogP contribution in [0.4, 0.5) is 0 Å². The highest BCUT2D eigenvalue weighted by atomic mass is 32.1. The number of nitrogens with one attached hydrogen (secondary N) is 1. The van der Waals surface area contributed by atoms with Crippen molar-refractivity contribution in [3.8, 4) is 0 Å². The predicted molar refractivity (Wildman–Crippen MR) is 79.0 cm³/mol. The maximum absolute atomic E-state index is 3.71. The van der Waals surface area contributed by atoms with E-state index in [1.54, 1.807) is 4.88 Å². The van der Waals surface area contributed by atoms with Crippen LogP contribution in [0, 0.1) is 24.7 Å². The monoisotopic (exact) mass is 263 g/mol. The van der Waals surface area contributed by atoms with Crippen LogP contribution in [0.15, 0.2) is 12.1 Å². The Morgan fingerprint density at radius 3 is 2.78 bits per heavy atom. The van der Waals surface area contributed by atoms with Crippen molar-refractivity contribution in [3.05, 3.63) is 21.9 Å². The second kappa shape index (κ2) is 5.34. The molecule has 1 N–H and O–H groups in total. The van der Waals surface area contributed by atoms with E-state index >= 15 is 0 Å². The van der Waals surface area contributed by atoms with Gasteiger partial charge in [0.25, 0.3) is 0 Å². The molecule has 1 heterocycles. The van der Waals surface area contributed by atoms with Gasteiger partial charge in [0.2, 0.25) is 0 Å². The first-order chi connectivity index (χ1) is 8.76. The Morgan fingerprint density at radius 2 is 2.22 bits per heavy atom. The number of thiophene rings is 1. The molecule has 4 unspecified atom stereocenters. The van der Waals surface area contributed by atoms with Gasteiger partial charge in [-0.2, -0.15) is 0 Å². The smallest absolute Gasteiger partial charge is 0.0417 e. The van der Waals surface area contributed by atoms with Crippen molar-refractivity contribution in [1.29, 1.82) is 0 Å². The van der Waals surface area contributed by atoms with E-state index in [4.69, 9.17) is 0 Å². The first kappa shape index (κ1) is 12.7. The first-order valence-corrected chi connectivity index (χ1v) is 8.37. The third-order valence-corrected chi connectivity index (χ3v) is 6.09. The highest BCUT2D eigenvalue weighted by Crippen LogP contribution is 2.51. The van der Waals surface area contributed by atoms with Crippen molar-refractivity contribution in [3.63, 3.8) is 0 Å². The number of hydrogen-bond acceptors (Lipinski definition) is 2. The lowest BCUT2D eigenvalue weighted by atomic mass is 9.84. The summed E-state index contributed by atoms with van der Waals surface area (Å²) in [6.45, 7) is 5.53. The van der Waals surface area contributed by atoms with Gasteiger partial charge in [0.1, 0.15) is 0 Å². The van der Waals surface area contributed by atoms with Crippen LogP contribution in [0.3, 0.4) is 0 Å². The SMILES string of the molecule is CCNC(CC1CC2CCC1C2)c1ccc(C)s1. The van der Waals surface area contributed by atoms with Crippen LogP contribution in [0.2, 0.25) is 0 Å². The lowest BCUT2D eigenvalue weighted by Crippen LogP contribution is -2.24. The summed E-state index contributed by atoms with van der Waals surface area (Å²) in [5.74, 6) is 3.12. The lowest BCUT2D eigenvalue weighted by molar-refractivity contribution is 0.282. The number of hydrogen-bond donors (Lipinski definition) is 1. The quantitative estimate of drug-likeness (QED) is 0.823. The normalized spacial score (nSPS) is 32.0. The molecule has 2 heteroatoms. The fraction of sp³-hybridized carbons (Fsp3) is 0.750. The van der Waals surface area contributed by atoms with E-state index in [2.05, 4.69) is 31.3 Å². The molecule has 2 fully saturated rings. The van der Waals surface area contributed by atoms with Crippen molar-refractivity contribution in [2.75, 3.05) is 6.54 Å². The minimum Gasteiger partial charge on any atom is -0.310 e. The zero-order valence-electron chi connectivity index (χ0n) is 11.6. The van der Waals surface area contributed by atoms with Gasteiger partial charge in [-0.15, -0.1) is 11.3 Å². The van der Waals surface area contributed by atoms with Gasteiger partial charge in [-0.1, -0.05) is 13.3 Å². The third-order valence-electron chi connectivity index (χ3n) is 4.98. The minimum absolute atomic E-state index is 0.609. The van der Waals surface area contributed by atoms with E-state index in [-0.39, 0.29) is 0 Å². The first-order valence-electron chi connectivity index (χ1n) is 7.56. The summed E-state index contributed by atoms with van der Waals surface area (Å²) in [6.07, 6.45) is 7.45. The molecule has 0 spiro atoms. The Kier molecular flexibility index (Phi) is 3.76. The van der Waals surface area contributed by atoms with Crippen LogP contribution < -0.4 is 5.32 Å². The van der Waals surface area contributed by atoms with Crippen LogP contribution >= 0.6 is 11.3 Å². The summed E-state index contributed by atoms with van der Waals surface area (Å²) in [6, 6.07) is 5.21. The molecule has 1 aromatic rings. The Balaban J connectivity index is 1.67. The molecule has 2 bridgehead atoms. The number of aryl methyl sites for hydroxylation is 1. The Labute approximate surface area is 115 Å². The number of rotatable bonds is 5. The predicted octanol–water partition coefficient (Wildman–Crippen LogP) is 4.53. The molecular formula is C16H25NS. The highest BCUT2D eigenvalue weighted by Gasteiger charge is 2.40. The molecule has 4 atom stereocenters. The maximum atomic E-state index is 3.71. The van der Waals surface area contributed by atoms with Gasteiger partial charge < -0.3 is 5.32 Å². The van der Waals surface area contributed by atoms with E-state index in [9.17, 15) is 0 Å². The van der Waals surface area contributed by atoms with Gasteiger partial charge in [0, 0.05) is 15.8 Å². The largest absolute Gasteiger partial charge is 0.310 e. The molecule has 0 saturated heterocycles. The van der Waals surface area contributed by atoms with Crippen LogP contribution in [0.1, 0.15) is 54.8 Å². The topological polar surface area (TPSA) is 12.0 Å². The van der Waals surface area contributed by atoms with E-state index in [1.165, 1.54) is 37.0 Å². The van der Waals surface area contributed by atoms with Crippen molar-refractivity contribution in [2.24, 2.45) is 17.8 Å². The number of fused-ring (bicyclic) bond motifs is 2. The van der Waals surface area contributed by atoms with E-state index in [0.717, 1.165) is 24.3 Å². The third kappa shape index (κ3) is 2.50. The second-order valence-corrected chi connectivity index (χ2v) is 7.55. The van der Waals surface area contributed by atoms with Gasteiger partial charge in [-0.3, -0.25) is 0 Å².